The average molecular weight is 357 g/mol. The molecule has 26 heavy (non-hydrogen) atoms. The van der Waals surface area contributed by atoms with E-state index < -0.39 is 0 Å². The number of nitrogen functional groups attached to an aromatic ring is 1. The van der Waals surface area contributed by atoms with Gasteiger partial charge in [0, 0.05) is 21.8 Å². The van der Waals surface area contributed by atoms with Crippen LogP contribution in [0.5, 0.6) is 0 Å². The molecule has 0 unspecified atom stereocenters. The van der Waals surface area contributed by atoms with Crippen LogP contribution >= 0.6 is 11.6 Å². The number of anilines is 1. The normalized spacial score (nSPS) is 10.8. The van der Waals surface area contributed by atoms with E-state index in [1.165, 1.54) is 16.3 Å². The number of nitrogens with one attached hydrogen (secondary N) is 1. The Morgan fingerprint density at radius 1 is 0.808 bits per heavy atom. The second kappa shape index (κ2) is 6.66. The van der Waals surface area contributed by atoms with Crippen LogP contribution < -0.4 is 5.73 Å². The molecule has 0 amide bonds. The Morgan fingerprint density at radius 2 is 1.54 bits per heavy atom. The molecule has 0 fully saturated rings. The van der Waals surface area contributed by atoms with Gasteiger partial charge in [0.05, 0.1) is 5.71 Å². The standard InChI is InChI=1S/C23H17ClN2/c24-18-12-13-22(25)21(14-18)23(26)17-10-8-16(9-11-17)20-7-3-5-15-4-1-2-6-19(15)20/h1-14,26H,25H2. The van der Waals surface area contributed by atoms with Crippen LogP contribution in [-0.2, 0) is 0 Å². The van der Waals surface area contributed by atoms with Crippen molar-refractivity contribution in [2.24, 2.45) is 0 Å². The number of fused-ring (bicyclic) bond motifs is 1. The number of rotatable bonds is 3. The van der Waals surface area contributed by atoms with Crippen LogP contribution in [0.3, 0.4) is 0 Å². The van der Waals surface area contributed by atoms with Gasteiger partial charge in [-0.25, -0.2) is 0 Å². The average Bonchev–Trinajstić information content (AvgIpc) is 2.69. The first-order valence-electron chi connectivity index (χ1n) is 8.36. The summed E-state index contributed by atoms with van der Waals surface area (Å²) in [6.07, 6.45) is 0. The zero-order valence-corrected chi connectivity index (χ0v) is 14.8. The highest BCUT2D eigenvalue weighted by Crippen LogP contribution is 2.29. The maximum absolute atomic E-state index is 8.48. The van der Waals surface area contributed by atoms with Crippen molar-refractivity contribution in [2.45, 2.75) is 0 Å². The monoisotopic (exact) mass is 356 g/mol. The summed E-state index contributed by atoms with van der Waals surface area (Å²) in [7, 11) is 0. The van der Waals surface area contributed by atoms with Gasteiger partial charge in [0.2, 0.25) is 0 Å². The van der Waals surface area contributed by atoms with Crippen LogP contribution in [0.15, 0.2) is 84.9 Å². The van der Waals surface area contributed by atoms with Crippen LogP contribution in [0.2, 0.25) is 5.02 Å². The maximum Gasteiger partial charge on any atom is 0.0705 e. The van der Waals surface area contributed by atoms with E-state index in [1.54, 1.807) is 18.2 Å². The summed E-state index contributed by atoms with van der Waals surface area (Å²) in [5, 5.41) is 11.5. The van der Waals surface area contributed by atoms with Crippen LogP contribution in [-0.4, -0.2) is 5.71 Å². The van der Waals surface area contributed by atoms with Gasteiger partial charge >= 0.3 is 0 Å². The molecule has 3 heteroatoms. The van der Waals surface area contributed by atoms with Crippen molar-refractivity contribution in [3.05, 3.63) is 101 Å². The molecule has 0 radical (unpaired) electrons. The quantitative estimate of drug-likeness (QED) is 0.335. The Balaban J connectivity index is 1.73. The Kier molecular flexibility index (Phi) is 4.19. The van der Waals surface area contributed by atoms with Gasteiger partial charge in [-0.05, 0) is 40.1 Å². The van der Waals surface area contributed by atoms with Gasteiger partial charge in [-0.1, -0.05) is 78.3 Å². The van der Waals surface area contributed by atoms with E-state index in [0.717, 1.165) is 11.1 Å². The molecule has 0 atom stereocenters. The maximum atomic E-state index is 8.48. The van der Waals surface area contributed by atoms with Gasteiger partial charge in [-0.15, -0.1) is 0 Å². The summed E-state index contributed by atoms with van der Waals surface area (Å²) in [6.45, 7) is 0. The molecule has 4 aromatic carbocycles. The molecule has 0 aliphatic rings. The predicted molar refractivity (Wildman–Crippen MR) is 111 cm³/mol. The van der Waals surface area contributed by atoms with Gasteiger partial charge in [0.25, 0.3) is 0 Å². The van der Waals surface area contributed by atoms with Gasteiger partial charge < -0.3 is 5.73 Å². The van der Waals surface area contributed by atoms with Crippen molar-refractivity contribution < 1.29 is 0 Å². The summed E-state index contributed by atoms with van der Waals surface area (Å²) in [5.74, 6) is 0. The molecule has 3 N–H and O–H groups in total. The van der Waals surface area contributed by atoms with E-state index in [4.69, 9.17) is 22.7 Å². The molecular weight excluding hydrogens is 340 g/mol. The molecule has 0 spiro atoms. The fraction of sp³-hybridized carbons (Fsp3) is 0. The molecule has 0 bridgehead atoms. The lowest BCUT2D eigenvalue weighted by molar-refractivity contribution is 1.45. The summed E-state index contributed by atoms with van der Waals surface area (Å²) in [4.78, 5) is 0. The first-order chi connectivity index (χ1) is 12.6. The SMILES string of the molecule is N=C(c1ccc(-c2cccc3ccccc23)cc1)c1cc(Cl)ccc1N. The number of benzene rings is 4. The third kappa shape index (κ3) is 2.96. The van der Waals surface area contributed by atoms with E-state index in [0.29, 0.717) is 22.0 Å². The highest BCUT2D eigenvalue weighted by atomic mass is 35.5. The second-order valence-electron chi connectivity index (χ2n) is 6.21. The number of halogens is 1. The molecule has 4 rings (SSSR count). The molecule has 0 aliphatic heterocycles. The lowest BCUT2D eigenvalue weighted by Gasteiger charge is -2.10. The Bertz CT molecular complexity index is 1110. The largest absolute Gasteiger partial charge is 0.398 e. The topological polar surface area (TPSA) is 49.9 Å². The van der Waals surface area contributed by atoms with E-state index in [2.05, 4.69) is 36.4 Å². The van der Waals surface area contributed by atoms with Gasteiger partial charge in [0.1, 0.15) is 0 Å². The van der Waals surface area contributed by atoms with Gasteiger partial charge in [-0.3, -0.25) is 5.41 Å². The Morgan fingerprint density at radius 3 is 2.35 bits per heavy atom. The first-order valence-corrected chi connectivity index (χ1v) is 8.74. The lowest BCUT2D eigenvalue weighted by Crippen LogP contribution is -2.05. The molecule has 0 heterocycles. The van der Waals surface area contributed by atoms with E-state index in [9.17, 15) is 0 Å². The minimum absolute atomic E-state index is 0.370. The summed E-state index contributed by atoms with van der Waals surface area (Å²) < 4.78 is 0. The fourth-order valence-electron chi connectivity index (χ4n) is 3.19. The van der Waals surface area contributed by atoms with Crippen molar-refractivity contribution in [1.82, 2.24) is 0 Å². The number of hydrogen-bond acceptors (Lipinski definition) is 2. The summed E-state index contributed by atoms with van der Waals surface area (Å²) in [5.41, 5.74) is 10.7. The Labute approximate surface area is 157 Å². The van der Waals surface area contributed by atoms with Crippen LogP contribution in [0, 0.1) is 5.41 Å². The third-order valence-corrected chi connectivity index (χ3v) is 4.79. The zero-order valence-electron chi connectivity index (χ0n) is 14.0. The summed E-state index contributed by atoms with van der Waals surface area (Å²) in [6, 6.07) is 27.9. The molecule has 0 saturated carbocycles. The van der Waals surface area contributed by atoms with E-state index in [1.807, 2.05) is 30.3 Å². The summed E-state index contributed by atoms with van der Waals surface area (Å²) >= 11 is 6.06. The molecule has 0 saturated heterocycles. The number of nitrogens with two attached hydrogens (primary N) is 1. The minimum Gasteiger partial charge on any atom is -0.398 e. The lowest BCUT2D eigenvalue weighted by atomic mass is 9.95. The third-order valence-electron chi connectivity index (χ3n) is 4.56. The zero-order chi connectivity index (χ0) is 18.1. The van der Waals surface area contributed by atoms with Crippen molar-refractivity contribution in [2.75, 3.05) is 5.73 Å². The van der Waals surface area contributed by atoms with Gasteiger partial charge in [0.15, 0.2) is 0 Å². The van der Waals surface area contributed by atoms with E-state index >= 15 is 0 Å². The van der Waals surface area contributed by atoms with Crippen molar-refractivity contribution in [3.8, 4) is 11.1 Å². The smallest absolute Gasteiger partial charge is 0.0705 e. The van der Waals surface area contributed by atoms with Crippen molar-refractivity contribution in [1.29, 1.82) is 5.41 Å². The highest BCUT2D eigenvalue weighted by Gasteiger charge is 2.10. The van der Waals surface area contributed by atoms with E-state index in [-0.39, 0.29) is 0 Å². The fourth-order valence-corrected chi connectivity index (χ4v) is 3.37. The second-order valence-corrected chi connectivity index (χ2v) is 6.65. The molecular formula is C23H17ClN2. The van der Waals surface area contributed by atoms with Crippen molar-refractivity contribution in [3.63, 3.8) is 0 Å². The number of hydrogen-bond donors (Lipinski definition) is 2. The highest BCUT2D eigenvalue weighted by molar-refractivity contribution is 6.31. The minimum atomic E-state index is 0.370. The molecule has 126 valence electrons. The molecule has 0 aromatic heterocycles. The molecule has 2 nitrogen and oxygen atoms in total. The molecule has 4 aromatic rings. The Hall–Kier alpha value is -3.10. The van der Waals surface area contributed by atoms with Gasteiger partial charge in [-0.2, -0.15) is 0 Å². The van der Waals surface area contributed by atoms with Crippen LogP contribution in [0.1, 0.15) is 11.1 Å². The molecule has 0 aliphatic carbocycles. The van der Waals surface area contributed by atoms with Crippen LogP contribution in [0.25, 0.3) is 21.9 Å². The first kappa shape index (κ1) is 16.4. The van der Waals surface area contributed by atoms with Crippen molar-refractivity contribution >= 4 is 33.8 Å². The predicted octanol–water partition coefficient (Wildman–Crippen LogP) is 6.16. The van der Waals surface area contributed by atoms with Crippen LogP contribution in [0.4, 0.5) is 5.69 Å².